The molecule has 12 heavy (non-hydrogen) atoms. The second-order valence-corrected chi connectivity index (χ2v) is 4.11. The van der Waals surface area contributed by atoms with E-state index in [1.807, 2.05) is 13.8 Å². The molecule has 2 heteroatoms. The maximum absolute atomic E-state index is 2.59. The summed E-state index contributed by atoms with van der Waals surface area (Å²) >= 11 is 2.09. The zero-order valence-electron chi connectivity index (χ0n) is 8.97. The number of hydrogen-bond donors (Lipinski definition) is 0. The maximum atomic E-state index is 2.59. The second-order valence-electron chi connectivity index (χ2n) is 2.96. The lowest BCUT2D eigenvalue weighted by Gasteiger charge is -2.32. The van der Waals surface area contributed by atoms with Crippen molar-refractivity contribution in [3.63, 3.8) is 0 Å². The Kier molecular flexibility index (Phi) is 8.14. The van der Waals surface area contributed by atoms with Crippen LogP contribution in [-0.2, 0) is 0 Å². The van der Waals surface area contributed by atoms with Crippen LogP contribution >= 0.6 is 11.8 Å². The second kappa shape index (κ2) is 7.93. The van der Waals surface area contributed by atoms with Gasteiger partial charge in [0.25, 0.3) is 0 Å². The number of thioether (sulfide) groups is 1. The fourth-order valence-corrected chi connectivity index (χ4v) is 2.46. The highest BCUT2D eigenvalue weighted by Gasteiger charge is 2.16. The number of rotatable bonds is 2. The van der Waals surface area contributed by atoms with E-state index in [1.54, 1.807) is 0 Å². The average Bonchev–Trinajstić information content (AvgIpc) is 2.13. The zero-order valence-corrected chi connectivity index (χ0v) is 9.78. The van der Waals surface area contributed by atoms with Gasteiger partial charge in [-0.05, 0) is 19.9 Å². The van der Waals surface area contributed by atoms with Crippen LogP contribution in [0, 0.1) is 0 Å². The van der Waals surface area contributed by atoms with Crippen LogP contribution in [0.4, 0.5) is 0 Å². The fraction of sp³-hybridized carbons (Fsp3) is 1.00. The third-order valence-electron chi connectivity index (χ3n) is 2.02. The summed E-state index contributed by atoms with van der Waals surface area (Å²) in [7, 11) is 0. The normalized spacial score (nSPS) is 24.5. The van der Waals surface area contributed by atoms with Crippen molar-refractivity contribution in [2.24, 2.45) is 0 Å². The van der Waals surface area contributed by atoms with E-state index >= 15 is 0 Å². The van der Waals surface area contributed by atoms with E-state index in [2.05, 4.69) is 30.5 Å². The molecule has 0 aliphatic carbocycles. The molecule has 0 radical (unpaired) electrons. The maximum Gasteiger partial charge on any atom is 0.0158 e. The summed E-state index contributed by atoms with van der Waals surface area (Å²) < 4.78 is 0. The molecule has 0 saturated carbocycles. The van der Waals surface area contributed by atoms with E-state index in [0.29, 0.717) is 0 Å². The minimum atomic E-state index is 0.818. The Morgan fingerprint density at radius 2 is 2.08 bits per heavy atom. The number of hydrogen-bond acceptors (Lipinski definition) is 2. The highest BCUT2D eigenvalue weighted by molar-refractivity contribution is 7.99. The zero-order chi connectivity index (χ0) is 9.40. The molecule has 0 N–H and O–H groups in total. The Morgan fingerprint density at radius 3 is 2.58 bits per heavy atom. The van der Waals surface area contributed by atoms with Gasteiger partial charge >= 0.3 is 0 Å². The third-order valence-corrected chi connectivity index (χ3v) is 3.21. The van der Waals surface area contributed by atoms with Gasteiger partial charge in [-0.1, -0.05) is 20.8 Å². The van der Waals surface area contributed by atoms with Crippen LogP contribution in [0.3, 0.4) is 0 Å². The van der Waals surface area contributed by atoms with E-state index in [9.17, 15) is 0 Å². The predicted molar refractivity (Wildman–Crippen MR) is 60.0 cm³/mol. The highest BCUT2D eigenvalue weighted by atomic mass is 32.2. The Hall–Kier alpha value is 0.310. The monoisotopic (exact) mass is 189 g/mol. The predicted octanol–water partition coefficient (Wildman–Crippen LogP) is 2.86. The molecule has 0 aromatic rings. The van der Waals surface area contributed by atoms with Gasteiger partial charge in [-0.3, -0.25) is 4.90 Å². The first-order valence-electron chi connectivity index (χ1n) is 5.16. The van der Waals surface area contributed by atoms with Crippen LogP contribution in [0.25, 0.3) is 0 Å². The molecule has 0 aromatic carbocycles. The first kappa shape index (κ1) is 12.3. The molecule has 1 rings (SSSR count). The summed E-state index contributed by atoms with van der Waals surface area (Å²) in [5, 5.41) is 0. The minimum Gasteiger partial charge on any atom is -0.299 e. The largest absolute Gasteiger partial charge is 0.299 e. The molecule has 1 nitrogen and oxygen atoms in total. The van der Waals surface area contributed by atoms with Crippen molar-refractivity contribution in [2.45, 2.75) is 40.2 Å². The summed E-state index contributed by atoms with van der Waals surface area (Å²) in [6.07, 6.45) is 1.30. The van der Waals surface area contributed by atoms with Gasteiger partial charge in [-0.25, -0.2) is 0 Å². The van der Waals surface area contributed by atoms with Crippen molar-refractivity contribution in [1.82, 2.24) is 4.90 Å². The number of nitrogens with zero attached hydrogens (tertiary/aromatic N) is 1. The Balaban J connectivity index is 0.000000561. The van der Waals surface area contributed by atoms with Gasteiger partial charge < -0.3 is 0 Å². The van der Waals surface area contributed by atoms with Crippen LogP contribution in [0.1, 0.15) is 34.1 Å². The Bertz CT molecular complexity index is 93.8. The quantitative estimate of drug-likeness (QED) is 0.657. The van der Waals surface area contributed by atoms with Gasteiger partial charge in [-0.15, -0.1) is 0 Å². The topological polar surface area (TPSA) is 3.24 Å². The van der Waals surface area contributed by atoms with E-state index < -0.39 is 0 Å². The molecule has 0 aromatic heterocycles. The minimum absolute atomic E-state index is 0.818. The molecule has 1 aliphatic rings. The van der Waals surface area contributed by atoms with Gasteiger partial charge in [0.15, 0.2) is 0 Å². The third kappa shape index (κ3) is 4.36. The lowest BCUT2D eigenvalue weighted by molar-refractivity contribution is 0.233. The average molecular weight is 189 g/mol. The molecule has 1 saturated heterocycles. The van der Waals surface area contributed by atoms with E-state index in [1.165, 1.54) is 31.0 Å². The summed E-state index contributed by atoms with van der Waals surface area (Å²) in [6.45, 7) is 11.2. The van der Waals surface area contributed by atoms with Crippen molar-refractivity contribution < 1.29 is 0 Å². The standard InChI is InChI=1S/C8H17NS.C2H6/c1-3-4-9-5-6-10-7-8(9)2;1-2/h8H,3-7H2,1-2H3;1-2H3. The first-order chi connectivity index (χ1) is 5.84. The smallest absolute Gasteiger partial charge is 0.0158 e. The van der Waals surface area contributed by atoms with Gasteiger partial charge in [0.1, 0.15) is 0 Å². The summed E-state index contributed by atoms with van der Waals surface area (Å²) in [6, 6.07) is 0.818. The Morgan fingerprint density at radius 1 is 1.42 bits per heavy atom. The lowest BCUT2D eigenvalue weighted by atomic mass is 10.3. The summed E-state index contributed by atoms with van der Waals surface area (Å²) in [5.41, 5.74) is 0. The summed E-state index contributed by atoms with van der Waals surface area (Å²) in [5.74, 6) is 2.67. The van der Waals surface area contributed by atoms with Crippen molar-refractivity contribution in [3.8, 4) is 0 Å². The highest BCUT2D eigenvalue weighted by Crippen LogP contribution is 2.15. The fourth-order valence-electron chi connectivity index (χ4n) is 1.38. The molecular weight excluding hydrogens is 166 g/mol. The van der Waals surface area contributed by atoms with Crippen LogP contribution in [0.2, 0.25) is 0 Å². The van der Waals surface area contributed by atoms with Crippen LogP contribution in [0.5, 0.6) is 0 Å². The van der Waals surface area contributed by atoms with Crippen molar-refractivity contribution in [1.29, 1.82) is 0 Å². The summed E-state index contributed by atoms with van der Waals surface area (Å²) in [4.78, 5) is 2.59. The van der Waals surface area contributed by atoms with Crippen LogP contribution in [0.15, 0.2) is 0 Å². The molecule has 74 valence electrons. The molecule has 1 atom stereocenters. The van der Waals surface area contributed by atoms with Gasteiger partial charge in [0.05, 0.1) is 0 Å². The molecule has 1 heterocycles. The Labute approximate surface area is 81.9 Å². The van der Waals surface area contributed by atoms with Crippen LogP contribution < -0.4 is 0 Å². The first-order valence-corrected chi connectivity index (χ1v) is 6.32. The molecule has 0 amide bonds. The molecule has 0 bridgehead atoms. The molecule has 1 fully saturated rings. The van der Waals surface area contributed by atoms with Gasteiger partial charge in [0.2, 0.25) is 0 Å². The SMILES string of the molecule is CC.CCCN1CCSCC1C. The van der Waals surface area contributed by atoms with Crippen molar-refractivity contribution in [2.75, 3.05) is 24.6 Å². The van der Waals surface area contributed by atoms with E-state index in [-0.39, 0.29) is 0 Å². The molecule has 1 aliphatic heterocycles. The molecule has 0 spiro atoms. The lowest BCUT2D eigenvalue weighted by Crippen LogP contribution is -2.40. The van der Waals surface area contributed by atoms with Crippen LogP contribution in [-0.4, -0.2) is 35.5 Å². The molecular formula is C10H23NS. The van der Waals surface area contributed by atoms with Gasteiger partial charge in [-0.2, -0.15) is 11.8 Å². The van der Waals surface area contributed by atoms with Crippen molar-refractivity contribution in [3.05, 3.63) is 0 Å². The van der Waals surface area contributed by atoms with E-state index in [4.69, 9.17) is 0 Å². The molecule has 1 unspecified atom stereocenters. The van der Waals surface area contributed by atoms with Gasteiger partial charge in [0, 0.05) is 24.1 Å². The van der Waals surface area contributed by atoms with Crippen molar-refractivity contribution >= 4 is 11.8 Å². The van der Waals surface area contributed by atoms with E-state index in [0.717, 1.165) is 6.04 Å².